The summed E-state index contributed by atoms with van der Waals surface area (Å²) in [6.07, 6.45) is 1.59. The minimum Gasteiger partial charge on any atom is -0.355 e. The Hall–Kier alpha value is -2.13. The van der Waals surface area contributed by atoms with E-state index in [1.54, 1.807) is 24.4 Å². The van der Waals surface area contributed by atoms with Gasteiger partial charge in [-0.3, -0.25) is 4.98 Å². The van der Waals surface area contributed by atoms with Crippen molar-refractivity contribution < 1.29 is 4.39 Å². The second-order valence-corrected chi connectivity index (χ2v) is 4.56. The van der Waals surface area contributed by atoms with Gasteiger partial charge in [0.1, 0.15) is 11.3 Å². The molecule has 0 aliphatic heterocycles. The van der Waals surface area contributed by atoms with Gasteiger partial charge in [0.05, 0.1) is 0 Å². The molecule has 0 aliphatic rings. The van der Waals surface area contributed by atoms with E-state index < -0.39 is 0 Å². The van der Waals surface area contributed by atoms with Crippen LogP contribution in [0.4, 0.5) is 15.8 Å². The van der Waals surface area contributed by atoms with Gasteiger partial charge in [-0.15, -0.1) is 0 Å². The van der Waals surface area contributed by atoms with E-state index in [2.05, 4.69) is 10.3 Å². The summed E-state index contributed by atoms with van der Waals surface area (Å²) in [5, 5.41) is 4.66. The van der Waals surface area contributed by atoms with Gasteiger partial charge >= 0.3 is 0 Å². The lowest BCUT2D eigenvalue weighted by molar-refractivity contribution is 0.637. The van der Waals surface area contributed by atoms with E-state index in [0.717, 1.165) is 16.8 Å². The van der Waals surface area contributed by atoms with Crippen LogP contribution >= 0.6 is 11.6 Å². The standard InChI is InChI=1S/C15H10ClFN2/c16-10-4-6-11(7-5-10)19-14-8-9-18-15-12(14)2-1-3-13(15)17/h1-9H,(H,18,19). The van der Waals surface area contributed by atoms with Crippen molar-refractivity contribution in [2.24, 2.45) is 0 Å². The highest BCUT2D eigenvalue weighted by Gasteiger charge is 2.05. The number of halogens is 2. The number of nitrogens with zero attached hydrogens (tertiary/aromatic N) is 1. The summed E-state index contributed by atoms with van der Waals surface area (Å²) in [5.74, 6) is -0.322. The van der Waals surface area contributed by atoms with Crippen molar-refractivity contribution in [3.63, 3.8) is 0 Å². The lowest BCUT2D eigenvalue weighted by atomic mass is 10.1. The third-order valence-electron chi connectivity index (χ3n) is 2.85. The zero-order chi connectivity index (χ0) is 13.2. The number of hydrogen-bond acceptors (Lipinski definition) is 2. The zero-order valence-electron chi connectivity index (χ0n) is 9.90. The van der Waals surface area contributed by atoms with Crippen molar-refractivity contribution >= 4 is 33.9 Å². The molecule has 0 spiro atoms. The molecule has 0 radical (unpaired) electrons. The number of anilines is 2. The van der Waals surface area contributed by atoms with Gasteiger partial charge in [0.25, 0.3) is 0 Å². The fourth-order valence-corrected chi connectivity index (χ4v) is 2.06. The molecule has 0 unspecified atom stereocenters. The fourth-order valence-electron chi connectivity index (χ4n) is 1.94. The summed E-state index contributed by atoms with van der Waals surface area (Å²) in [5.41, 5.74) is 2.06. The Bertz CT molecular complexity index is 726. The predicted octanol–water partition coefficient (Wildman–Crippen LogP) is 4.77. The number of pyridine rings is 1. The Morgan fingerprint density at radius 1 is 1.00 bits per heavy atom. The van der Waals surface area contributed by atoms with Crippen molar-refractivity contribution in [2.75, 3.05) is 5.32 Å². The molecule has 2 aromatic carbocycles. The minimum atomic E-state index is -0.322. The van der Waals surface area contributed by atoms with Crippen molar-refractivity contribution in [2.45, 2.75) is 0 Å². The monoisotopic (exact) mass is 272 g/mol. The summed E-state index contributed by atoms with van der Waals surface area (Å²) in [6.45, 7) is 0. The molecule has 2 nitrogen and oxygen atoms in total. The van der Waals surface area contributed by atoms with E-state index in [4.69, 9.17) is 11.6 Å². The van der Waals surface area contributed by atoms with E-state index in [-0.39, 0.29) is 5.82 Å². The topological polar surface area (TPSA) is 24.9 Å². The van der Waals surface area contributed by atoms with E-state index in [1.807, 2.05) is 24.3 Å². The van der Waals surface area contributed by atoms with Gasteiger partial charge in [-0.05, 0) is 36.4 Å². The fraction of sp³-hybridized carbons (Fsp3) is 0. The first-order valence-electron chi connectivity index (χ1n) is 5.80. The quantitative estimate of drug-likeness (QED) is 0.727. The molecule has 0 saturated carbocycles. The molecular formula is C15H10ClFN2. The molecule has 19 heavy (non-hydrogen) atoms. The van der Waals surface area contributed by atoms with Crippen LogP contribution in [0.2, 0.25) is 5.02 Å². The van der Waals surface area contributed by atoms with Crippen LogP contribution in [0.1, 0.15) is 0 Å². The van der Waals surface area contributed by atoms with E-state index in [0.29, 0.717) is 10.5 Å². The molecule has 0 aliphatic carbocycles. The molecule has 0 saturated heterocycles. The number of nitrogens with one attached hydrogen (secondary N) is 1. The predicted molar refractivity (Wildman–Crippen MR) is 76.4 cm³/mol. The SMILES string of the molecule is Fc1cccc2c(Nc3ccc(Cl)cc3)ccnc12. The van der Waals surface area contributed by atoms with Crippen LogP contribution in [0, 0.1) is 5.82 Å². The van der Waals surface area contributed by atoms with Crippen LogP contribution in [0.3, 0.4) is 0 Å². The van der Waals surface area contributed by atoms with Gasteiger partial charge in [0, 0.05) is 28.0 Å². The minimum absolute atomic E-state index is 0.322. The summed E-state index contributed by atoms with van der Waals surface area (Å²) in [7, 11) is 0. The molecular weight excluding hydrogens is 263 g/mol. The second kappa shape index (κ2) is 4.86. The van der Waals surface area contributed by atoms with Crippen molar-refractivity contribution in [1.29, 1.82) is 0 Å². The van der Waals surface area contributed by atoms with E-state index in [1.165, 1.54) is 6.07 Å². The van der Waals surface area contributed by atoms with Gasteiger partial charge in [-0.25, -0.2) is 4.39 Å². The molecule has 0 bridgehead atoms. The van der Waals surface area contributed by atoms with Crippen molar-refractivity contribution in [3.05, 3.63) is 65.6 Å². The third kappa shape index (κ3) is 2.37. The van der Waals surface area contributed by atoms with Crippen LogP contribution in [0.25, 0.3) is 10.9 Å². The maximum atomic E-state index is 13.7. The number of hydrogen-bond donors (Lipinski definition) is 1. The summed E-state index contributed by atoms with van der Waals surface area (Å²) in [6, 6.07) is 14.1. The second-order valence-electron chi connectivity index (χ2n) is 4.13. The van der Waals surface area contributed by atoms with Gasteiger partial charge in [-0.2, -0.15) is 0 Å². The van der Waals surface area contributed by atoms with Crippen LogP contribution in [-0.2, 0) is 0 Å². The smallest absolute Gasteiger partial charge is 0.149 e. The van der Waals surface area contributed by atoms with Gasteiger partial charge < -0.3 is 5.32 Å². The molecule has 1 aromatic heterocycles. The Morgan fingerprint density at radius 3 is 2.58 bits per heavy atom. The molecule has 0 amide bonds. The lowest BCUT2D eigenvalue weighted by Gasteiger charge is -2.09. The molecule has 1 heterocycles. The first-order valence-corrected chi connectivity index (χ1v) is 6.18. The Kier molecular flexibility index (Phi) is 3.05. The summed E-state index contributed by atoms with van der Waals surface area (Å²) >= 11 is 5.84. The Morgan fingerprint density at radius 2 is 1.79 bits per heavy atom. The van der Waals surface area contributed by atoms with Crippen LogP contribution in [0.5, 0.6) is 0 Å². The molecule has 4 heteroatoms. The first-order chi connectivity index (χ1) is 9.24. The van der Waals surface area contributed by atoms with Crippen LogP contribution in [-0.4, -0.2) is 4.98 Å². The normalized spacial score (nSPS) is 10.6. The maximum absolute atomic E-state index is 13.7. The van der Waals surface area contributed by atoms with Crippen LogP contribution in [0.15, 0.2) is 54.7 Å². The van der Waals surface area contributed by atoms with Gasteiger partial charge in [0.15, 0.2) is 0 Å². The average molecular weight is 273 g/mol. The van der Waals surface area contributed by atoms with Crippen LogP contribution < -0.4 is 5.32 Å². The third-order valence-corrected chi connectivity index (χ3v) is 3.10. The molecule has 3 rings (SSSR count). The van der Waals surface area contributed by atoms with Crippen molar-refractivity contribution in [3.8, 4) is 0 Å². The zero-order valence-corrected chi connectivity index (χ0v) is 10.7. The number of benzene rings is 2. The Labute approximate surface area is 114 Å². The summed E-state index contributed by atoms with van der Waals surface area (Å²) < 4.78 is 13.7. The van der Waals surface area contributed by atoms with Gasteiger partial charge in [-0.1, -0.05) is 23.7 Å². The Balaban J connectivity index is 2.06. The molecule has 0 atom stereocenters. The number of aromatic nitrogens is 1. The maximum Gasteiger partial charge on any atom is 0.149 e. The summed E-state index contributed by atoms with van der Waals surface area (Å²) in [4.78, 5) is 4.06. The molecule has 1 N–H and O–H groups in total. The number of fused-ring (bicyclic) bond motifs is 1. The molecule has 94 valence electrons. The lowest BCUT2D eigenvalue weighted by Crippen LogP contribution is -1.93. The molecule has 0 fully saturated rings. The van der Waals surface area contributed by atoms with Crippen molar-refractivity contribution in [1.82, 2.24) is 4.98 Å². The van der Waals surface area contributed by atoms with E-state index in [9.17, 15) is 4.39 Å². The highest BCUT2D eigenvalue weighted by atomic mass is 35.5. The average Bonchev–Trinajstić information content (AvgIpc) is 2.43. The largest absolute Gasteiger partial charge is 0.355 e. The number of rotatable bonds is 2. The number of para-hydroxylation sites is 1. The molecule has 3 aromatic rings. The van der Waals surface area contributed by atoms with Gasteiger partial charge in [0.2, 0.25) is 0 Å². The first kappa shape index (κ1) is 11.9. The highest BCUT2D eigenvalue weighted by Crippen LogP contribution is 2.26. The van der Waals surface area contributed by atoms with E-state index >= 15 is 0 Å². The highest BCUT2D eigenvalue weighted by molar-refractivity contribution is 6.30.